The molecule has 2 nitrogen and oxygen atoms in total. The topological polar surface area (TPSA) is 6.48 Å². The predicted molar refractivity (Wildman–Crippen MR) is 343 cm³/mol. The lowest BCUT2D eigenvalue weighted by molar-refractivity contribution is 0.629. The zero-order valence-electron chi connectivity index (χ0n) is 44.5. The number of hydrogen-bond donors (Lipinski definition) is 0. The Labute approximate surface area is 474 Å². The molecule has 82 heavy (non-hydrogen) atoms. The summed E-state index contributed by atoms with van der Waals surface area (Å²) in [6, 6.07) is 105. The first-order valence-corrected chi connectivity index (χ1v) is 27.8. The van der Waals surface area contributed by atoms with Gasteiger partial charge in [-0.25, -0.2) is 8.78 Å². The van der Waals surface area contributed by atoms with E-state index >= 15 is 8.78 Å². The maximum Gasteiger partial charge on any atom is 0.123 e. The maximum atomic E-state index is 15.9. The molecule has 15 rings (SSSR count). The first-order chi connectivity index (χ1) is 40.5. The third-order valence-corrected chi connectivity index (χ3v) is 16.3. The monoisotopic (exact) mass is 1050 g/mol. The van der Waals surface area contributed by atoms with E-state index in [1.807, 2.05) is 36.4 Å². The molecule has 0 aliphatic carbocycles. The van der Waals surface area contributed by atoms with E-state index in [0.717, 1.165) is 143 Å². The number of rotatable bonds is 10. The third kappa shape index (κ3) is 8.66. The van der Waals surface area contributed by atoms with Gasteiger partial charge in [0, 0.05) is 34.1 Å². The van der Waals surface area contributed by atoms with Gasteiger partial charge in [0.25, 0.3) is 0 Å². The van der Waals surface area contributed by atoms with Crippen molar-refractivity contribution in [1.82, 2.24) is 0 Å². The molecule has 0 N–H and O–H groups in total. The van der Waals surface area contributed by atoms with Crippen LogP contribution < -0.4 is 9.80 Å². The fraction of sp³-hybridized carbons (Fsp3) is 0. The highest BCUT2D eigenvalue weighted by molar-refractivity contribution is 6.33. The molecule has 0 aliphatic heterocycles. The first kappa shape index (κ1) is 48.4. The van der Waals surface area contributed by atoms with Crippen LogP contribution in [0.2, 0.25) is 0 Å². The van der Waals surface area contributed by atoms with Crippen molar-refractivity contribution in [3.05, 3.63) is 315 Å². The molecule has 0 spiro atoms. The molecule has 0 aliphatic rings. The molecule has 0 saturated carbocycles. The largest absolute Gasteiger partial charge is 0.310 e. The Morgan fingerprint density at radius 3 is 0.634 bits per heavy atom. The quantitative estimate of drug-likeness (QED) is 0.0995. The molecule has 0 amide bonds. The average Bonchev–Trinajstić information content (AvgIpc) is 1.76. The molecule has 0 aromatic heterocycles. The van der Waals surface area contributed by atoms with E-state index in [1.165, 1.54) is 0 Å². The van der Waals surface area contributed by atoms with Crippen LogP contribution in [0.5, 0.6) is 0 Å². The number of fused-ring (bicyclic) bond motifs is 12. The maximum absolute atomic E-state index is 15.9. The standard InChI is InChI=1S/C78H50F2N2/c79-59-29-41-67-71(45-59)73-47-65(81(61-31-21-55(22-32-61)51-13-5-1-6-14-51)62-33-23-56(24-34-62)52-15-7-2-8-16-52)39-43-69(73)77-49-76-68-42-30-60(80)46-72(68)74-48-66(40-44-70(74)78(76)50-75(67)77)82(63-35-25-57(26-36-63)53-17-9-3-10-18-53)64-37-27-58(28-38-64)54-19-11-4-12-20-54/h1-50H. The summed E-state index contributed by atoms with van der Waals surface area (Å²) in [6.07, 6.45) is 0. The second-order valence-corrected chi connectivity index (χ2v) is 21.1. The van der Waals surface area contributed by atoms with Crippen LogP contribution in [0.4, 0.5) is 42.9 Å². The van der Waals surface area contributed by atoms with Gasteiger partial charge >= 0.3 is 0 Å². The summed E-state index contributed by atoms with van der Waals surface area (Å²) in [5.41, 5.74) is 15.0. The van der Waals surface area contributed by atoms with Crippen molar-refractivity contribution in [3.8, 4) is 44.5 Å². The molecule has 0 heterocycles. The van der Waals surface area contributed by atoms with Gasteiger partial charge in [-0.1, -0.05) is 194 Å². The second-order valence-electron chi connectivity index (χ2n) is 21.1. The zero-order chi connectivity index (χ0) is 54.7. The number of anilines is 6. The van der Waals surface area contributed by atoms with Crippen LogP contribution in [0.25, 0.3) is 109 Å². The normalized spacial score (nSPS) is 11.5. The lowest BCUT2D eigenvalue weighted by atomic mass is 9.88. The van der Waals surface area contributed by atoms with Gasteiger partial charge in [-0.15, -0.1) is 0 Å². The molecule has 0 atom stereocenters. The number of hydrogen-bond acceptors (Lipinski definition) is 2. The molecule has 4 heteroatoms. The Hall–Kier alpha value is -10.7. The van der Waals surface area contributed by atoms with Gasteiger partial charge < -0.3 is 9.80 Å². The number of benzene rings is 15. The van der Waals surface area contributed by atoms with Crippen molar-refractivity contribution >= 4 is 98.8 Å². The Bertz CT molecular complexity index is 4400. The highest BCUT2D eigenvalue weighted by Crippen LogP contribution is 2.47. The van der Waals surface area contributed by atoms with Crippen LogP contribution in [0.15, 0.2) is 303 Å². The van der Waals surface area contributed by atoms with Crippen LogP contribution >= 0.6 is 0 Å². The van der Waals surface area contributed by atoms with Crippen LogP contribution in [-0.2, 0) is 0 Å². The fourth-order valence-electron chi connectivity index (χ4n) is 12.3. The third-order valence-electron chi connectivity index (χ3n) is 16.3. The van der Waals surface area contributed by atoms with Crippen LogP contribution in [0.1, 0.15) is 0 Å². The highest BCUT2D eigenvalue weighted by atomic mass is 19.1. The average molecular weight is 1050 g/mol. The van der Waals surface area contributed by atoms with E-state index in [1.54, 1.807) is 24.3 Å². The van der Waals surface area contributed by atoms with Gasteiger partial charge in [0.2, 0.25) is 0 Å². The number of nitrogens with zero attached hydrogens (tertiary/aromatic N) is 2. The van der Waals surface area contributed by atoms with Crippen LogP contribution in [-0.4, -0.2) is 0 Å². The van der Waals surface area contributed by atoms with Gasteiger partial charge in [0.15, 0.2) is 0 Å². The summed E-state index contributed by atoms with van der Waals surface area (Å²) < 4.78 is 31.8. The molecule has 0 unspecified atom stereocenters. The lowest BCUT2D eigenvalue weighted by Crippen LogP contribution is -2.10. The van der Waals surface area contributed by atoms with Crippen molar-refractivity contribution in [2.45, 2.75) is 0 Å². The van der Waals surface area contributed by atoms with Crippen LogP contribution in [0.3, 0.4) is 0 Å². The molecule has 0 fully saturated rings. The van der Waals surface area contributed by atoms with E-state index in [0.29, 0.717) is 0 Å². The minimum absolute atomic E-state index is 0.302. The fourth-order valence-corrected chi connectivity index (χ4v) is 12.3. The molecule has 386 valence electrons. The summed E-state index contributed by atoms with van der Waals surface area (Å²) in [4.78, 5) is 4.56. The minimum Gasteiger partial charge on any atom is -0.310 e. The van der Waals surface area contributed by atoms with Gasteiger partial charge in [-0.2, -0.15) is 0 Å². The van der Waals surface area contributed by atoms with E-state index in [4.69, 9.17) is 0 Å². The zero-order valence-corrected chi connectivity index (χ0v) is 44.5. The molecule has 0 saturated heterocycles. The predicted octanol–water partition coefficient (Wildman–Crippen LogP) is 22.5. The molecule has 0 bridgehead atoms. The van der Waals surface area contributed by atoms with Crippen molar-refractivity contribution in [2.24, 2.45) is 0 Å². The Kier molecular flexibility index (Phi) is 11.9. The Morgan fingerprint density at radius 1 is 0.159 bits per heavy atom. The second kappa shape index (κ2) is 20.2. The van der Waals surface area contributed by atoms with E-state index in [9.17, 15) is 0 Å². The lowest BCUT2D eigenvalue weighted by Gasteiger charge is -2.27. The highest BCUT2D eigenvalue weighted by Gasteiger charge is 2.21. The van der Waals surface area contributed by atoms with Crippen molar-refractivity contribution in [1.29, 1.82) is 0 Å². The summed E-state index contributed by atoms with van der Waals surface area (Å²) in [5.74, 6) is -0.603. The van der Waals surface area contributed by atoms with E-state index in [2.05, 4.69) is 252 Å². The van der Waals surface area contributed by atoms with Gasteiger partial charge in [-0.3, -0.25) is 0 Å². The van der Waals surface area contributed by atoms with E-state index < -0.39 is 0 Å². The molecular weight excluding hydrogens is 1000 g/mol. The van der Waals surface area contributed by atoms with Gasteiger partial charge in [0.1, 0.15) is 11.6 Å². The minimum atomic E-state index is -0.302. The Balaban J connectivity index is 0.907. The van der Waals surface area contributed by atoms with E-state index in [-0.39, 0.29) is 11.6 Å². The number of halogens is 2. The smallest absolute Gasteiger partial charge is 0.123 e. The molecule has 0 radical (unpaired) electrons. The summed E-state index contributed by atoms with van der Waals surface area (Å²) in [7, 11) is 0. The van der Waals surface area contributed by atoms with Gasteiger partial charge in [-0.05, 0) is 218 Å². The SMILES string of the molecule is Fc1ccc2c(c1)c1cc(N(c3ccc(-c4ccccc4)cc3)c3ccc(-c4ccccc4)cc3)ccc1c1cc3c4ccc(F)cc4c4cc(N(c5ccc(-c6ccccc6)cc5)c5ccc(-c6ccccc6)cc5)ccc4c3cc21. The summed E-state index contributed by atoms with van der Waals surface area (Å²) in [6.45, 7) is 0. The van der Waals surface area contributed by atoms with Crippen LogP contribution in [0, 0.1) is 11.6 Å². The Morgan fingerprint density at radius 2 is 0.366 bits per heavy atom. The van der Waals surface area contributed by atoms with Gasteiger partial charge in [0.05, 0.1) is 0 Å². The van der Waals surface area contributed by atoms with Crippen molar-refractivity contribution in [3.63, 3.8) is 0 Å². The molecular formula is C78H50F2N2. The summed E-state index contributed by atoms with van der Waals surface area (Å²) >= 11 is 0. The molecule has 15 aromatic carbocycles. The summed E-state index contributed by atoms with van der Waals surface area (Å²) in [5, 5.41) is 11.5. The first-order valence-electron chi connectivity index (χ1n) is 27.8. The molecule has 15 aromatic rings. The van der Waals surface area contributed by atoms with Crippen molar-refractivity contribution < 1.29 is 8.78 Å². The van der Waals surface area contributed by atoms with Crippen molar-refractivity contribution in [2.75, 3.05) is 9.80 Å².